The zero-order valence-corrected chi connectivity index (χ0v) is 22.2. The van der Waals surface area contributed by atoms with Gasteiger partial charge in [-0.2, -0.15) is 0 Å². The van der Waals surface area contributed by atoms with Gasteiger partial charge in [-0.3, -0.25) is 14.4 Å². The van der Waals surface area contributed by atoms with Gasteiger partial charge in [0.05, 0.1) is 6.42 Å². The minimum Gasteiger partial charge on any atom is -0.444 e. The highest BCUT2D eigenvalue weighted by Gasteiger charge is 2.38. The lowest BCUT2D eigenvalue weighted by molar-refractivity contribution is -0.145. The topological polar surface area (TPSA) is 131 Å². The molecule has 0 aliphatic rings. The second-order valence-electron chi connectivity index (χ2n) is 9.88. The number of unbranched alkanes of at least 4 members (excludes halogenated alkanes) is 2. The number of nitrogens with zero attached hydrogens (tertiary/aromatic N) is 1. The fraction of sp³-hybridized carbons (Fsp3) is 0.556. The van der Waals surface area contributed by atoms with Crippen molar-refractivity contribution in [2.24, 2.45) is 5.73 Å². The SMILES string of the molecule is C#Cc1ccc(C(C(=O)NCCCCC)N(C(=O)C(CC(N)=O)NC(=O)OC(C)(C)C)C(C)C)cc1. The number of hydrogen-bond donors (Lipinski definition) is 3. The zero-order chi connectivity index (χ0) is 27.5. The number of primary amides is 1. The van der Waals surface area contributed by atoms with Crippen molar-refractivity contribution in [3.8, 4) is 12.3 Å². The number of carbonyl (C=O) groups excluding carboxylic acids is 4. The first kappa shape index (κ1) is 30.5. The predicted octanol–water partition coefficient (Wildman–Crippen LogP) is 3.02. The number of terminal acetylenes is 1. The maximum Gasteiger partial charge on any atom is 0.408 e. The molecule has 0 aliphatic heterocycles. The summed E-state index contributed by atoms with van der Waals surface area (Å²) in [6.07, 6.45) is 6.89. The minimum atomic E-state index is -1.32. The Morgan fingerprint density at radius 3 is 2.19 bits per heavy atom. The second kappa shape index (κ2) is 14.1. The number of nitrogens with two attached hydrogens (primary N) is 1. The van der Waals surface area contributed by atoms with E-state index in [0.717, 1.165) is 19.3 Å². The smallest absolute Gasteiger partial charge is 0.408 e. The van der Waals surface area contributed by atoms with Crippen molar-refractivity contribution in [1.29, 1.82) is 0 Å². The summed E-state index contributed by atoms with van der Waals surface area (Å²) in [6, 6.07) is 3.95. The summed E-state index contributed by atoms with van der Waals surface area (Å²) in [4.78, 5) is 52.8. The van der Waals surface area contributed by atoms with Crippen LogP contribution < -0.4 is 16.4 Å². The summed E-state index contributed by atoms with van der Waals surface area (Å²) >= 11 is 0. The molecule has 0 saturated heterocycles. The van der Waals surface area contributed by atoms with Gasteiger partial charge in [-0.05, 0) is 58.7 Å². The van der Waals surface area contributed by atoms with Crippen LogP contribution in [0.1, 0.15) is 84.4 Å². The van der Waals surface area contributed by atoms with E-state index in [1.165, 1.54) is 4.90 Å². The average molecular weight is 501 g/mol. The Morgan fingerprint density at radius 2 is 1.72 bits per heavy atom. The summed E-state index contributed by atoms with van der Waals surface area (Å²) in [5.41, 5.74) is 5.73. The maximum atomic E-state index is 13.8. The zero-order valence-electron chi connectivity index (χ0n) is 22.2. The molecular formula is C27H40N4O5. The Balaban J connectivity index is 3.41. The van der Waals surface area contributed by atoms with E-state index in [1.807, 2.05) is 0 Å². The van der Waals surface area contributed by atoms with Crippen LogP contribution in [-0.2, 0) is 19.1 Å². The molecule has 0 aromatic heterocycles. The molecule has 1 aromatic rings. The van der Waals surface area contributed by atoms with Crippen LogP contribution in [0.25, 0.3) is 0 Å². The quantitative estimate of drug-likeness (QED) is 0.300. The van der Waals surface area contributed by atoms with Crippen LogP contribution in [0, 0.1) is 12.3 Å². The summed E-state index contributed by atoms with van der Waals surface area (Å²) in [5, 5.41) is 5.36. The van der Waals surface area contributed by atoms with E-state index in [0.29, 0.717) is 17.7 Å². The van der Waals surface area contributed by atoms with E-state index in [2.05, 4.69) is 23.5 Å². The molecule has 2 atom stereocenters. The number of rotatable bonds is 12. The molecule has 198 valence electrons. The molecule has 1 rings (SSSR count). The van der Waals surface area contributed by atoms with Gasteiger partial charge in [0.1, 0.15) is 17.7 Å². The first-order valence-corrected chi connectivity index (χ1v) is 12.2. The van der Waals surface area contributed by atoms with Gasteiger partial charge in [0.15, 0.2) is 0 Å². The van der Waals surface area contributed by atoms with E-state index < -0.39 is 48.1 Å². The largest absolute Gasteiger partial charge is 0.444 e. The highest BCUT2D eigenvalue weighted by molar-refractivity contribution is 5.94. The van der Waals surface area contributed by atoms with Crippen molar-refractivity contribution in [3.05, 3.63) is 35.4 Å². The van der Waals surface area contributed by atoms with Crippen molar-refractivity contribution in [1.82, 2.24) is 15.5 Å². The Bertz CT molecular complexity index is 944. The third-order valence-corrected chi connectivity index (χ3v) is 5.20. The van der Waals surface area contributed by atoms with Gasteiger partial charge in [-0.25, -0.2) is 4.79 Å². The number of ether oxygens (including phenoxy) is 1. The molecule has 0 fully saturated rings. The third kappa shape index (κ3) is 9.98. The number of hydrogen-bond acceptors (Lipinski definition) is 5. The standard InChI is InChI=1S/C27H40N4O5/c1-8-10-11-16-29-24(33)23(20-14-12-19(9-2)13-15-20)31(18(3)4)25(34)21(17-22(28)32)30-26(35)36-27(5,6)7/h2,12-15,18,21,23H,8,10-11,16-17H2,1,3-7H3,(H2,28,32)(H,29,33)(H,30,35). The van der Waals surface area contributed by atoms with Gasteiger partial charge < -0.3 is 26.0 Å². The Kier molecular flexibility index (Phi) is 12.0. The molecule has 0 bridgehead atoms. The lowest BCUT2D eigenvalue weighted by Crippen LogP contribution is -2.56. The van der Waals surface area contributed by atoms with E-state index in [1.54, 1.807) is 58.9 Å². The van der Waals surface area contributed by atoms with Gasteiger partial charge >= 0.3 is 6.09 Å². The predicted molar refractivity (Wildman–Crippen MR) is 139 cm³/mol. The monoisotopic (exact) mass is 500 g/mol. The molecule has 0 heterocycles. The highest BCUT2D eigenvalue weighted by Crippen LogP contribution is 2.26. The summed E-state index contributed by atoms with van der Waals surface area (Å²) in [7, 11) is 0. The van der Waals surface area contributed by atoms with Crippen LogP contribution in [0.3, 0.4) is 0 Å². The molecule has 4 amide bonds. The van der Waals surface area contributed by atoms with Crippen molar-refractivity contribution < 1.29 is 23.9 Å². The lowest BCUT2D eigenvalue weighted by atomic mass is 9.99. The van der Waals surface area contributed by atoms with Crippen LogP contribution in [0.15, 0.2) is 24.3 Å². The molecule has 4 N–H and O–H groups in total. The first-order valence-electron chi connectivity index (χ1n) is 12.2. The molecule has 9 heteroatoms. The van der Waals surface area contributed by atoms with Crippen LogP contribution >= 0.6 is 0 Å². The fourth-order valence-electron chi connectivity index (χ4n) is 3.59. The van der Waals surface area contributed by atoms with Gasteiger partial charge in [-0.15, -0.1) is 6.42 Å². The number of nitrogens with one attached hydrogen (secondary N) is 2. The van der Waals surface area contributed by atoms with E-state index in [9.17, 15) is 19.2 Å². The first-order chi connectivity index (χ1) is 16.8. The van der Waals surface area contributed by atoms with Crippen LogP contribution in [0.5, 0.6) is 0 Å². The minimum absolute atomic E-state index is 0.378. The molecule has 0 aliphatic carbocycles. The molecule has 36 heavy (non-hydrogen) atoms. The third-order valence-electron chi connectivity index (χ3n) is 5.20. The van der Waals surface area contributed by atoms with E-state index in [-0.39, 0.29) is 5.91 Å². The van der Waals surface area contributed by atoms with Crippen molar-refractivity contribution in [2.75, 3.05) is 6.54 Å². The normalized spacial score (nSPS) is 12.7. The molecule has 2 unspecified atom stereocenters. The van der Waals surface area contributed by atoms with Crippen LogP contribution in [0.2, 0.25) is 0 Å². The summed E-state index contributed by atoms with van der Waals surface area (Å²) in [6.45, 7) is 11.0. The Morgan fingerprint density at radius 1 is 1.11 bits per heavy atom. The lowest BCUT2D eigenvalue weighted by Gasteiger charge is -2.37. The Hall–Kier alpha value is -3.54. The number of amides is 4. The van der Waals surface area contributed by atoms with Gasteiger partial charge in [0.2, 0.25) is 17.7 Å². The van der Waals surface area contributed by atoms with Crippen LogP contribution in [0.4, 0.5) is 4.79 Å². The number of benzene rings is 1. The summed E-state index contributed by atoms with van der Waals surface area (Å²) < 4.78 is 5.26. The molecule has 1 aromatic carbocycles. The number of carbonyl (C=O) groups is 4. The van der Waals surface area contributed by atoms with Crippen molar-refractivity contribution in [3.63, 3.8) is 0 Å². The fourth-order valence-corrected chi connectivity index (χ4v) is 3.59. The molecule has 0 spiro atoms. The van der Waals surface area contributed by atoms with Gasteiger partial charge in [0, 0.05) is 18.2 Å². The van der Waals surface area contributed by atoms with Gasteiger partial charge in [0.25, 0.3) is 0 Å². The van der Waals surface area contributed by atoms with Gasteiger partial charge in [-0.1, -0.05) is 37.8 Å². The van der Waals surface area contributed by atoms with E-state index >= 15 is 0 Å². The molecule has 0 radical (unpaired) electrons. The summed E-state index contributed by atoms with van der Waals surface area (Å²) in [5.74, 6) is 0.733. The van der Waals surface area contributed by atoms with Crippen LogP contribution in [-0.4, -0.2) is 52.9 Å². The molecule has 9 nitrogen and oxygen atoms in total. The van der Waals surface area contributed by atoms with Crippen molar-refractivity contribution in [2.45, 2.75) is 91.0 Å². The average Bonchev–Trinajstić information content (AvgIpc) is 2.77. The maximum absolute atomic E-state index is 13.8. The van der Waals surface area contributed by atoms with Crippen molar-refractivity contribution >= 4 is 23.8 Å². The Labute approximate surface area is 214 Å². The highest BCUT2D eigenvalue weighted by atomic mass is 16.6. The molecule has 0 saturated carbocycles. The second-order valence-corrected chi connectivity index (χ2v) is 9.88. The molecular weight excluding hydrogens is 460 g/mol. The van der Waals surface area contributed by atoms with E-state index in [4.69, 9.17) is 16.9 Å². The number of alkyl carbamates (subject to hydrolysis) is 1.